The molecule has 0 bridgehead atoms. The monoisotopic (exact) mass is 300 g/mol. The molecule has 5 heteroatoms. The van der Waals surface area contributed by atoms with Gasteiger partial charge in [0.25, 0.3) is 0 Å². The molecule has 1 aromatic heterocycles. The molecule has 0 aliphatic rings. The molecule has 18 heavy (non-hydrogen) atoms. The maximum atomic E-state index is 6.19. The molecule has 0 atom stereocenters. The van der Waals surface area contributed by atoms with Crippen LogP contribution >= 0.6 is 34.8 Å². The van der Waals surface area contributed by atoms with E-state index in [2.05, 4.69) is 9.97 Å². The van der Waals surface area contributed by atoms with Crippen molar-refractivity contribution in [3.63, 3.8) is 0 Å². The minimum atomic E-state index is 0.167. The van der Waals surface area contributed by atoms with E-state index in [4.69, 9.17) is 34.8 Å². The van der Waals surface area contributed by atoms with Gasteiger partial charge in [-0.1, -0.05) is 66.8 Å². The quantitative estimate of drug-likeness (QED) is 0.710. The third-order valence-corrected chi connectivity index (χ3v) is 3.37. The lowest BCUT2D eigenvalue weighted by Gasteiger charge is -2.11. The van der Waals surface area contributed by atoms with Gasteiger partial charge in [-0.25, -0.2) is 9.97 Å². The number of nitrogens with zero attached hydrogens (tertiary/aromatic N) is 2. The fraction of sp³-hybridized carbons (Fsp3) is 0.231. The van der Waals surface area contributed by atoms with E-state index in [0.29, 0.717) is 26.7 Å². The zero-order valence-corrected chi connectivity index (χ0v) is 12.2. The highest BCUT2D eigenvalue weighted by Gasteiger charge is 2.16. The zero-order chi connectivity index (χ0) is 13.3. The first-order chi connectivity index (χ1) is 8.50. The Morgan fingerprint density at radius 1 is 0.944 bits per heavy atom. The van der Waals surface area contributed by atoms with Crippen molar-refractivity contribution in [1.82, 2.24) is 9.97 Å². The van der Waals surface area contributed by atoms with Crippen LogP contribution in [-0.2, 0) is 0 Å². The van der Waals surface area contributed by atoms with Crippen LogP contribution in [0.25, 0.3) is 11.1 Å². The third-order valence-electron chi connectivity index (χ3n) is 2.50. The summed E-state index contributed by atoms with van der Waals surface area (Å²) in [5.41, 5.74) is 1.32. The molecule has 0 spiro atoms. The van der Waals surface area contributed by atoms with Crippen LogP contribution in [0.1, 0.15) is 25.6 Å². The van der Waals surface area contributed by atoms with Gasteiger partial charge in [0.2, 0.25) is 0 Å². The van der Waals surface area contributed by atoms with Crippen LogP contribution in [0.15, 0.2) is 24.3 Å². The Kier molecular flexibility index (Phi) is 4.10. The number of hydrogen-bond acceptors (Lipinski definition) is 2. The predicted octanol–water partition coefficient (Wildman–Crippen LogP) is 5.23. The molecule has 1 heterocycles. The van der Waals surface area contributed by atoms with Gasteiger partial charge in [-0.15, -0.1) is 0 Å². The van der Waals surface area contributed by atoms with Gasteiger partial charge in [0.05, 0.1) is 5.56 Å². The van der Waals surface area contributed by atoms with Gasteiger partial charge >= 0.3 is 0 Å². The van der Waals surface area contributed by atoms with E-state index in [1.807, 2.05) is 32.0 Å². The Morgan fingerprint density at radius 2 is 1.50 bits per heavy atom. The average molecular weight is 302 g/mol. The van der Waals surface area contributed by atoms with Crippen LogP contribution in [0.4, 0.5) is 0 Å². The highest BCUT2D eigenvalue weighted by molar-refractivity contribution is 6.40. The molecule has 2 aromatic rings. The Hall–Kier alpha value is -0.830. The van der Waals surface area contributed by atoms with E-state index in [0.717, 1.165) is 5.56 Å². The average Bonchev–Trinajstić information content (AvgIpc) is 2.30. The Bertz CT molecular complexity index is 559. The van der Waals surface area contributed by atoms with Gasteiger partial charge in [-0.2, -0.15) is 0 Å². The SMILES string of the molecule is CC(C)c1nc(Cl)c(-c2ccccc2Cl)c(Cl)n1. The normalized spacial score (nSPS) is 11.0. The summed E-state index contributed by atoms with van der Waals surface area (Å²) in [6.07, 6.45) is 0. The van der Waals surface area contributed by atoms with Crippen molar-refractivity contribution in [1.29, 1.82) is 0 Å². The lowest BCUT2D eigenvalue weighted by Crippen LogP contribution is -2.00. The first-order valence-corrected chi connectivity index (χ1v) is 6.62. The standard InChI is InChI=1S/C13H11Cl3N2/c1-7(2)13-17-11(15)10(12(16)18-13)8-5-3-4-6-9(8)14/h3-7H,1-2H3. The summed E-state index contributed by atoms with van der Waals surface area (Å²) in [5.74, 6) is 0.793. The van der Waals surface area contributed by atoms with Gasteiger partial charge in [0, 0.05) is 16.5 Å². The van der Waals surface area contributed by atoms with E-state index in [1.54, 1.807) is 6.07 Å². The summed E-state index contributed by atoms with van der Waals surface area (Å²) in [7, 11) is 0. The summed E-state index contributed by atoms with van der Waals surface area (Å²) < 4.78 is 0. The fourth-order valence-electron chi connectivity index (χ4n) is 1.57. The highest BCUT2D eigenvalue weighted by atomic mass is 35.5. The van der Waals surface area contributed by atoms with Gasteiger partial charge in [-0.3, -0.25) is 0 Å². The molecule has 0 unspecified atom stereocenters. The number of benzene rings is 1. The van der Waals surface area contributed by atoms with Crippen molar-refractivity contribution in [3.05, 3.63) is 45.4 Å². The second-order valence-electron chi connectivity index (χ2n) is 4.17. The summed E-state index contributed by atoms with van der Waals surface area (Å²) in [6.45, 7) is 3.97. The minimum absolute atomic E-state index is 0.167. The molecular formula is C13H11Cl3N2. The van der Waals surface area contributed by atoms with Gasteiger partial charge < -0.3 is 0 Å². The van der Waals surface area contributed by atoms with E-state index in [9.17, 15) is 0 Å². The van der Waals surface area contributed by atoms with Crippen molar-refractivity contribution >= 4 is 34.8 Å². The second kappa shape index (κ2) is 5.43. The number of rotatable bonds is 2. The largest absolute Gasteiger partial charge is 0.220 e. The predicted molar refractivity (Wildman–Crippen MR) is 76.6 cm³/mol. The number of hydrogen-bond donors (Lipinski definition) is 0. The summed E-state index contributed by atoms with van der Waals surface area (Å²) >= 11 is 18.5. The second-order valence-corrected chi connectivity index (χ2v) is 5.30. The topological polar surface area (TPSA) is 25.8 Å². The third kappa shape index (κ3) is 2.61. The Balaban J connectivity index is 2.63. The fourth-order valence-corrected chi connectivity index (χ4v) is 2.40. The summed E-state index contributed by atoms with van der Waals surface area (Å²) in [4.78, 5) is 8.52. The molecule has 0 aliphatic heterocycles. The van der Waals surface area contributed by atoms with Crippen molar-refractivity contribution in [2.75, 3.05) is 0 Å². The maximum absolute atomic E-state index is 6.19. The molecular weight excluding hydrogens is 291 g/mol. The Morgan fingerprint density at radius 3 is 2.00 bits per heavy atom. The summed E-state index contributed by atoms with van der Waals surface area (Å²) in [6, 6.07) is 7.33. The molecule has 0 saturated heterocycles. The van der Waals surface area contributed by atoms with Gasteiger partial charge in [-0.05, 0) is 6.07 Å². The van der Waals surface area contributed by atoms with Crippen molar-refractivity contribution in [3.8, 4) is 11.1 Å². The number of halogens is 3. The lowest BCUT2D eigenvalue weighted by atomic mass is 10.1. The van der Waals surface area contributed by atoms with Crippen LogP contribution in [0.2, 0.25) is 15.3 Å². The smallest absolute Gasteiger partial charge is 0.142 e. The molecule has 2 nitrogen and oxygen atoms in total. The van der Waals surface area contributed by atoms with E-state index in [-0.39, 0.29) is 5.92 Å². The molecule has 0 amide bonds. The molecule has 2 rings (SSSR count). The minimum Gasteiger partial charge on any atom is -0.220 e. The molecule has 0 N–H and O–H groups in total. The van der Waals surface area contributed by atoms with Crippen molar-refractivity contribution < 1.29 is 0 Å². The Labute approximate surface area is 121 Å². The van der Waals surface area contributed by atoms with E-state index >= 15 is 0 Å². The lowest BCUT2D eigenvalue weighted by molar-refractivity contribution is 0.775. The van der Waals surface area contributed by atoms with E-state index < -0.39 is 0 Å². The first-order valence-electron chi connectivity index (χ1n) is 5.48. The number of aromatic nitrogens is 2. The van der Waals surface area contributed by atoms with Crippen LogP contribution in [0.5, 0.6) is 0 Å². The highest BCUT2D eigenvalue weighted by Crippen LogP contribution is 2.37. The van der Waals surface area contributed by atoms with Crippen LogP contribution in [0, 0.1) is 0 Å². The van der Waals surface area contributed by atoms with E-state index in [1.165, 1.54) is 0 Å². The van der Waals surface area contributed by atoms with Crippen LogP contribution in [-0.4, -0.2) is 9.97 Å². The van der Waals surface area contributed by atoms with Crippen molar-refractivity contribution in [2.45, 2.75) is 19.8 Å². The molecule has 0 saturated carbocycles. The van der Waals surface area contributed by atoms with Crippen LogP contribution < -0.4 is 0 Å². The van der Waals surface area contributed by atoms with Crippen molar-refractivity contribution in [2.24, 2.45) is 0 Å². The maximum Gasteiger partial charge on any atom is 0.142 e. The molecule has 0 fully saturated rings. The first kappa shape index (κ1) is 13.6. The molecule has 94 valence electrons. The van der Waals surface area contributed by atoms with Gasteiger partial charge in [0.15, 0.2) is 0 Å². The zero-order valence-electron chi connectivity index (χ0n) is 9.92. The molecule has 1 aromatic carbocycles. The van der Waals surface area contributed by atoms with Gasteiger partial charge in [0.1, 0.15) is 16.1 Å². The molecule has 0 aliphatic carbocycles. The van der Waals surface area contributed by atoms with Crippen LogP contribution in [0.3, 0.4) is 0 Å². The molecule has 0 radical (unpaired) electrons. The summed E-state index contributed by atoms with van der Waals surface area (Å²) in [5, 5.41) is 1.22.